The second kappa shape index (κ2) is 5.76. The van der Waals surface area contributed by atoms with Crippen LogP contribution >= 0.6 is 11.8 Å². The van der Waals surface area contributed by atoms with Gasteiger partial charge in [-0.1, -0.05) is 32.9 Å². The highest BCUT2D eigenvalue weighted by Crippen LogP contribution is 2.44. The molecular weight excluding hydrogens is 256 g/mol. The summed E-state index contributed by atoms with van der Waals surface area (Å²) in [6, 6.07) is 7.95. The molecule has 0 amide bonds. The van der Waals surface area contributed by atoms with Gasteiger partial charge in [0.05, 0.1) is 12.2 Å². The molecular formula is C16H24O2S. The third-order valence-electron chi connectivity index (χ3n) is 3.47. The van der Waals surface area contributed by atoms with Crippen LogP contribution in [0.5, 0.6) is 5.75 Å². The zero-order valence-electron chi connectivity index (χ0n) is 12.1. The molecule has 1 aromatic rings. The first-order valence-electron chi connectivity index (χ1n) is 6.99. The quantitative estimate of drug-likeness (QED) is 0.909. The van der Waals surface area contributed by atoms with E-state index in [2.05, 4.69) is 20.8 Å². The van der Waals surface area contributed by atoms with Gasteiger partial charge < -0.3 is 9.84 Å². The molecule has 1 N–H and O–H groups in total. The summed E-state index contributed by atoms with van der Waals surface area (Å²) < 4.78 is 5.58. The Bertz CT molecular complexity index is 413. The maximum atomic E-state index is 10.9. The van der Waals surface area contributed by atoms with Crippen molar-refractivity contribution in [3.63, 3.8) is 0 Å². The molecule has 0 bridgehead atoms. The van der Waals surface area contributed by atoms with E-state index in [4.69, 9.17) is 4.74 Å². The van der Waals surface area contributed by atoms with E-state index < -0.39 is 5.60 Å². The monoisotopic (exact) mass is 280 g/mol. The van der Waals surface area contributed by atoms with Crippen LogP contribution in [0.2, 0.25) is 0 Å². The van der Waals surface area contributed by atoms with Crippen LogP contribution in [0.15, 0.2) is 24.3 Å². The fourth-order valence-electron chi connectivity index (χ4n) is 2.66. The minimum absolute atomic E-state index is 0.190. The van der Waals surface area contributed by atoms with E-state index >= 15 is 0 Å². The summed E-state index contributed by atoms with van der Waals surface area (Å²) in [4.78, 5) is 0. The average molecular weight is 280 g/mol. The van der Waals surface area contributed by atoms with Crippen LogP contribution in [0.1, 0.15) is 39.2 Å². The summed E-state index contributed by atoms with van der Waals surface area (Å²) in [6.45, 7) is 7.29. The zero-order chi connectivity index (χ0) is 13.9. The maximum absolute atomic E-state index is 10.9. The van der Waals surface area contributed by atoms with E-state index in [1.807, 2.05) is 36.0 Å². The molecule has 0 spiro atoms. The van der Waals surface area contributed by atoms with Crippen molar-refractivity contribution < 1.29 is 9.84 Å². The summed E-state index contributed by atoms with van der Waals surface area (Å²) >= 11 is 1.84. The minimum Gasteiger partial charge on any atom is -0.494 e. The maximum Gasteiger partial charge on any atom is 0.119 e. The van der Waals surface area contributed by atoms with Crippen molar-refractivity contribution in [1.82, 2.24) is 0 Å². The molecule has 0 aliphatic carbocycles. The SMILES string of the molecule is CCCOc1ccc(C2(O)CSCC(C)(C)C2)cc1. The molecule has 19 heavy (non-hydrogen) atoms. The fourth-order valence-corrected chi connectivity index (χ4v) is 4.02. The summed E-state index contributed by atoms with van der Waals surface area (Å²) in [7, 11) is 0. The van der Waals surface area contributed by atoms with E-state index in [0.29, 0.717) is 0 Å². The largest absolute Gasteiger partial charge is 0.494 e. The van der Waals surface area contributed by atoms with Crippen molar-refractivity contribution in [2.45, 2.75) is 39.2 Å². The van der Waals surface area contributed by atoms with Crippen LogP contribution in [0.3, 0.4) is 0 Å². The predicted octanol–water partition coefficient (Wildman–Crippen LogP) is 3.83. The van der Waals surface area contributed by atoms with Gasteiger partial charge in [0.1, 0.15) is 5.75 Å². The molecule has 0 aromatic heterocycles. The highest BCUT2D eigenvalue weighted by Gasteiger charge is 2.40. The highest BCUT2D eigenvalue weighted by atomic mass is 32.2. The summed E-state index contributed by atoms with van der Waals surface area (Å²) in [5, 5.41) is 10.9. The number of thioether (sulfide) groups is 1. The smallest absolute Gasteiger partial charge is 0.119 e. The Kier molecular flexibility index (Phi) is 4.46. The molecule has 1 fully saturated rings. The van der Waals surface area contributed by atoms with E-state index in [9.17, 15) is 5.11 Å². The second-order valence-corrected chi connectivity index (χ2v) is 7.22. The molecule has 0 radical (unpaired) electrons. The van der Waals surface area contributed by atoms with Crippen molar-refractivity contribution >= 4 is 11.8 Å². The Morgan fingerprint density at radius 2 is 1.89 bits per heavy atom. The minimum atomic E-state index is -0.699. The molecule has 3 heteroatoms. The molecule has 2 rings (SSSR count). The number of benzene rings is 1. The third-order valence-corrected chi connectivity index (χ3v) is 5.14. The molecule has 0 saturated carbocycles. The van der Waals surface area contributed by atoms with Crippen LogP contribution in [-0.2, 0) is 5.60 Å². The van der Waals surface area contributed by atoms with Gasteiger partial charge in [0.2, 0.25) is 0 Å². The van der Waals surface area contributed by atoms with Gasteiger partial charge in [0.25, 0.3) is 0 Å². The molecule has 1 aliphatic rings. The molecule has 1 unspecified atom stereocenters. The Balaban J connectivity index is 2.12. The molecule has 1 heterocycles. The number of hydrogen-bond acceptors (Lipinski definition) is 3. The van der Waals surface area contributed by atoms with Gasteiger partial charge in [-0.05, 0) is 41.7 Å². The van der Waals surface area contributed by atoms with Gasteiger partial charge in [-0.15, -0.1) is 0 Å². The van der Waals surface area contributed by atoms with Gasteiger partial charge in [-0.25, -0.2) is 0 Å². The Morgan fingerprint density at radius 3 is 2.47 bits per heavy atom. The van der Waals surface area contributed by atoms with Gasteiger partial charge in [-0.3, -0.25) is 0 Å². The summed E-state index contributed by atoms with van der Waals surface area (Å²) in [5.41, 5.74) is 0.502. The number of ether oxygens (including phenoxy) is 1. The van der Waals surface area contributed by atoms with Gasteiger partial charge >= 0.3 is 0 Å². The van der Waals surface area contributed by atoms with Gasteiger partial charge in [0.15, 0.2) is 0 Å². The van der Waals surface area contributed by atoms with E-state index in [-0.39, 0.29) is 5.41 Å². The molecule has 1 aromatic carbocycles. The summed E-state index contributed by atoms with van der Waals surface area (Å²) in [6.07, 6.45) is 1.83. The molecule has 2 nitrogen and oxygen atoms in total. The number of aliphatic hydroxyl groups is 1. The Labute approximate surface area is 120 Å². The van der Waals surface area contributed by atoms with E-state index in [1.165, 1.54) is 0 Å². The second-order valence-electron chi connectivity index (χ2n) is 6.24. The van der Waals surface area contributed by atoms with Crippen molar-refractivity contribution in [2.24, 2.45) is 5.41 Å². The standard InChI is InChI=1S/C16H24O2S/c1-4-9-18-14-7-5-13(6-8-14)16(17)10-15(2,3)11-19-12-16/h5-8,17H,4,9-12H2,1-3H3. The van der Waals surface area contributed by atoms with Crippen LogP contribution in [0.25, 0.3) is 0 Å². The lowest BCUT2D eigenvalue weighted by Crippen LogP contribution is -2.40. The Hall–Kier alpha value is -0.670. The zero-order valence-corrected chi connectivity index (χ0v) is 12.9. The molecule has 1 atom stereocenters. The first kappa shape index (κ1) is 14.7. The van der Waals surface area contributed by atoms with Crippen LogP contribution < -0.4 is 4.74 Å². The van der Waals surface area contributed by atoms with Gasteiger partial charge in [0, 0.05) is 5.75 Å². The summed E-state index contributed by atoms with van der Waals surface area (Å²) in [5.74, 6) is 2.79. The van der Waals surface area contributed by atoms with Crippen molar-refractivity contribution in [3.05, 3.63) is 29.8 Å². The third kappa shape index (κ3) is 3.67. The van der Waals surface area contributed by atoms with E-state index in [0.717, 1.165) is 42.3 Å². The van der Waals surface area contributed by atoms with Crippen LogP contribution in [-0.4, -0.2) is 23.2 Å². The van der Waals surface area contributed by atoms with Crippen LogP contribution in [0, 0.1) is 5.41 Å². The average Bonchev–Trinajstić information content (AvgIpc) is 2.35. The lowest BCUT2D eigenvalue weighted by molar-refractivity contribution is 0.0156. The number of rotatable bonds is 4. The first-order valence-corrected chi connectivity index (χ1v) is 8.14. The molecule has 106 valence electrons. The van der Waals surface area contributed by atoms with Crippen molar-refractivity contribution in [2.75, 3.05) is 18.1 Å². The fraction of sp³-hybridized carbons (Fsp3) is 0.625. The molecule has 1 aliphatic heterocycles. The van der Waals surface area contributed by atoms with Crippen molar-refractivity contribution in [1.29, 1.82) is 0 Å². The highest BCUT2D eigenvalue weighted by molar-refractivity contribution is 7.99. The normalized spacial score (nSPS) is 26.1. The first-order chi connectivity index (χ1) is 8.95. The molecule has 1 saturated heterocycles. The lowest BCUT2D eigenvalue weighted by Gasteiger charge is -2.41. The lowest BCUT2D eigenvalue weighted by atomic mass is 9.78. The van der Waals surface area contributed by atoms with E-state index in [1.54, 1.807) is 0 Å². The topological polar surface area (TPSA) is 29.5 Å². The van der Waals surface area contributed by atoms with Crippen molar-refractivity contribution in [3.8, 4) is 5.75 Å². The van der Waals surface area contributed by atoms with Gasteiger partial charge in [-0.2, -0.15) is 11.8 Å². The predicted molar refractivity (Wildman–Crippen MR) is 81.8 cm³/mol. The number of hydrogen-bond donors (Lipinski definition) is 1. The van der Waals surface area contributed by atoms with Crippen LogP contribution in [0.4, 0.5) is 0 Å². The Morgan fingerprint density at radius 1 is 1.21 bits per heavy atom.